The Morgan fingerprint density at radius 2 is 1.80 bits per heavy atom. The van der Waals surface area contributed by atoms with Crippen LogP contribution in [0, 0.1) is 11.8 Å². The Hall–Kier alpha value is -4.02. The first-order valence-corrected chi connectivity index (χ1v) is 15.3. The summed E-state index contributed by atoms with van der Waals surface area (Å²) in [4.78, 5) is 34.8. The fourth-order valence-corrected chi connectivity index (χ4v) is 4.27. The minimum Gasteiger partial charge on any atom is -0.385 e. The number of anilines is 3. The van der Waals surface area contributed by atoms with E-state index in [1.807, 2.05) is 25.1 Å². The van der Waals surface area contributed by atoms with E-state index in [0.29, 0.717) is 62.2 Å². The number of hydrogen-bond acceptors (Lipinski definition) is 10. The third kappa shape index (κ3) is 14.5. The second kappa shape index (κ2) is 20.8. The van der Waals surface area contributed by atoms with Crippen LogP contribution in [-0.2, 0) is 14.3 Å². The zero-order chi connectivity index (χ0) is 32.9. The molecule has 0 bridgehead atoms. The van der Waals surface area contributed by atoms with E-state index >= 15 is 0 Å². The molecule has 12 nitrogen and oxygen atoms in total. The van der Waals surface area contributed by atoms with Gasteiger partial charge in [0.05, 0.1) is 11.8 Å². The number of hydrogen-bond donors (Lipinski definition) is 5. The standard InChI is InChI=1S/C33H50N8O4/c1-6-19-35-31-27(24-36-32(40-31)39-28-15-13-26(14-16-28)30(34)43)11-8-7-9-20-38-33(17-22-44-4,18-23-45-5)25-37-29(42)12-10-21-41(2)3/h10,12-16,24,38H,6-7,9,17-23,25H2,1-5H3,(H2,34,43)(H,37,42)(H2,35,36,39,40)/b12-10+. The number of likely N-dealkylation sites (N-methyl/N-ethyl adjacent to an activating group) is 1. The predicted octanol–water partition coefficient (Wildman–Crippen LogP) is 2.91. The summed E-state index contributed by atoms with van der Waals surface area (Å²) in [5, 5.41) is 13.2. The first-order valence-electron chi connectivity index (χ1n) is 15.3. The molecule has 1 aromatic heterocycles. The van der Waals surface area contributed by atoms with Crippen LogP contribution in [0.15, 0.2) is 42.6 Å². The normalized spacial score (nSPS) is 11.3. The summed E-state index contributed by atoms with van der Waals surface area (Å²) in [5.41, 5.74) is 6.83. The highest BCUT2D eigenvalue weighted by molar-refractivity contribution is 5.93. The Kier molecular flexibility index (Phi) is 17.2. The van der Waals surface area contributed by atoms with E-state index < -0.39 is 5.91 Å². The van der Waals surface area contributed by atoms with Gasteiger partial charge >= 0.3 is 0 Å². The minimum atomic E-state index is -0.480. The van der Waals surface area contributed by atoms with Gasteiger partial charge in [0, 0.05) is 76.4 Å². The number of unbranched alkanes of at least 4 members (excludes halogenated alkanes) is 1. The first kappa shape index (κ1) is 37.2. The molecule has 0 aliphatic carbocycles. The molecule has 2 amide bonds. The van der Waals surface area contributed by atoms with Gasteiger partial charge < -0.3 is 41.4 Å². The van der Waals surface area contributed by atoms with Crippen LogP contribution in [0.25, 0.3) is 0 Å². The van der Waals surface area contributed by atoms with Gasteiger partial charge in [0.25, 0.3) is 0 Å². The molecular formula is C33H50N8O4. The average Bonchev–Trinajstić information content (AvgIpc) is 3.02. The van der Waals surface area contributed by atoms with Crippen LogP contribution < -0.4 is 27.0 Å². The molecule has 0 saturated carbocycles. The molecule has 12 heteroatoms. The smallest absolute Gasteiger partial charge is 0.248 e. The summed E-state index contributed by atoms with van der Waals surface area (Å²) >= 11 is 0. The SMILES string of the molecule is CCCNc1nc(Nc2ccc(C(N)=O)cc2)ncc1C#CCCCNC(CCOC)(CCOC)CNC(=O)/C=C/CN(C)C. The molecule has 0 radical (unpaired) electrons. The number of nitrogens with zero attached hydrogens (tertiary/aromatic N) is 3. The molecule has 6 N–H and O–H groups in total. The van der Waals surface area contributed by atoms with E-state index in [1.165, 1.54) is 0 Å². The van der Waals surface area contributed by atoms with E-state index in [2.05, 4.69) is 50.0 Å². The van der Waals surface area contributed by atoms with Gasteiger partial charge in [0.15, 0.2) is 0 Å². The fraction of sp³-hybridized carbons (Fsp3) is 0.515. The molecule has 0 spiro atoms. The molecule has 2 aromatic rings. The maximum atomic E-state index is 12.4. The van der Waals surface area contributed by atoms with Gasteiger partial charge in [-0.15, -0.1) is 0 Å². The molecule has 0 unspecified atom stereocenters. The molecule has 45 heavy (non-hydrogen) atoms. The van der Waals surface area contributed by atoms with Gasteiger partial charge in [0.1, 0.15) is 5.82 Å². The molecule has 0 atom stereocenters. The number of benzene rings is 1. The Labute approximate surface area is 267 Å². The average molecular weight is 623 g/mol. The van der Waals surface area contributed by atoms with Crippen LogP contribution in [0.2, 0.25) is 0 Å². The Morgan fingerprint density at radius 3 is 2.42 bits per heavy atom. The number of primary amides is 1. The maximum absolute atomic E-state index is 12.4. The van der Waals surface area contributed by atoms with Crippen molar-refractivity contribution < 1.29 is 19.1 Å². The molecule has 2 rings (SSSR count). The van der Waals surface area contributed by atoms with Crippen molar-refractivity contribution in [3.63, 3.8) is 0 Å². The van der Waals surface area contributed by atoms with Crippen LogP contribution in [-0.4, -0.2) is 99.9 Å². The fourth-order valence-electron chi connectivity index (χ4n) is 4.27. The van der Waals surface area contributed by atoms with Crippen molar-refractivity contribution in [3.8, 4) is 11.8 Å². The van der Waals surface area contributed by atoms with Gasteiger partial charge in [-0.05, 0) is 70.6 Å². The molecule has 0 saturated heterocycles. The number of aromatic nitrogens is 2. The minimum absolute atomic E-state index is 0.124. The monoisotopic (exact) mass is 622 g/mol. The molecule has 0 fully saturated rings. The molecule has 1 aromatic carbocycles. The third-order valence-electron chi connectivity index (χ3n) is 6.87. The second-order valence-electron chi connectivity index (χ2n) is 10.9. The lowest BCUT2D eigenvalue weighted by Gasteiger charge is -2.35. The lowest BCUT2D eigenvalue weighted by atomic mass is 9.91. The third-order valence-corrected chi connectivity index (χ3v) is 6.87. The van der Waals surface area contributed by atoms with Gasteiger partial charge in [-0.3, -0.25) is 9.59 Å². The van der Waals surface area contributed by atoms with Crippen molar-refractivity contribution in [1.29, 1.82) is 0 Å². The number of methoxy groups -OCH3 is 2. The Morgan fingerprint density at radius 1 is 1.09 bits per heavy atom. The quantitative estimate of drug-likeness (QED) is 0.0797. The van der Waals surface area contributed by atoms with E-state index in [0.717, 1.165) is 37.9 Å². The summed E-state index contributed by atoms with van der Waals surface area (Å²) < 4.78 is 10.8. The molecule has 0 aliphatic rings. The van der Waals surface area contributed by atoms with Gasteiger partial charge in [-0.2, -0.15) is 4.98 Å². The van der Waals surface area contributed by atoms with Crippen molar-refractivity contribution in [3.05, 3.63) is 53.7 Å². The van der Waals surface area contributed by atoms with Gasteiger partial charge in [0.2, 0.25) is 17.8 Å². The maximum Gasteiger partial charge on any atom is 0.248 e. The number of rotatable bonds is 21. The van der Waals surface area contributed by atoms with Crippen LogP contribution in [0.4, 0.5) is 17.5 Å². The molecule has 246 valence electrons. The largest absolute Gasteiger partial charge is 0.385 e. The molecular weight excluding hydrogens is 572 g/mol. The highest BCUT2D eigenvalue weighted by atomic mass is 16.5. The van der Waals surface area contributed by atoms with Crippen molar-refractivity contribution in [2.75, 3.05) is 78.3 Å². The summed E-state index contributed by atoms with van der Waals surface area (Å²) in [7, 11) is 7.27. The highest BCUT2D eigenvalue weighted by Crippen LogP contribution is 2.19. The molecule has 0 aliphatic heterocycles. The van der Waals surface area contributed by atoms with Crippen molar-refractivity contribution in [2.24, 2.45) is 5.73 Å². The summed E-state index contributed by atoms with van der Waals surface area (Å²) in [6.07, 6.45) is 8.97. The Balaban J connectivity index is 2.03. The van der Waals surface area contributed by atoms with Gasteiger partial charge in [-0.25, -0.2) is 4.98 Å². The predicted molar refractivity (Wildman–Crippen MR) is 180 cm³/mol. The summed E-state index contributed by atoms with van der Waals surface area (Å²) in [6, 6.07) is 6.80. The van der Waals surface area contributed by atoms with E-state index in [4.69, 9.17) is 15.2 Å². The number of carbonyl (C=O) groups is 2. The number of amides is 2. The number of nitrogens with two attached hydrogens (primary N) is 1. The topological polar surface area (TPSA) is 156 Å². The summed E-state index contributed by atoms with van der Waals surface area (Å²) in [6.45, 7) is 5.80. The number of ether oxygens (including phenoxy) is 2. The lowest BCUT2D eigenvalue weighted by molar-refractivity contribution is -0.117. The van der Waals surface area contributed by atoms with Crippen LogP contribution in [0.3, 0.4) is 0 Å². The zero-order valence-corrected chi connectivity index (χ0v) is 27.4. The van der Waals surface area contributed by atoms with Crippen LogP contribution in [0.5, 0.6) is 0 Å². The number of carbonyl (C=O) groups excluding carboxylic acids is 2. The van der Waals surface area contributed by atoms with E-state index in [9.17, 15) is 9.59 Å². The second-order valence-corrected chi connectivity index (χ2v) is 10.9. The zero-order valence-electron chi connectivity index (χ0n) is 27.4. The first-order chi connectivity index (χ1) is 21.7. The van der Waals surface area contributed by atoms with Crippen LogP contribution >= 0.6 is 0 Å². The van der Waals surface area contributed by atoms with Gasteiger partial charge in [-0.1, -0.05) is 24.8 Å². The Bertz CT molecular complexity index is 1260. The van der Waals surface area contributed by atoms with Crippen molar-refractivity contribution in [1.82, 2.24) is 25.5 Å². The van der Waals surface area contributed by atoms with E-state index in [-0.39, 0.29) is 11.4 Å². The van der Waals surface area contributed by atoms with Crippen molar-refractivity contribution >= 4 is 29.3 Å². The summed E-state index contributed by atoms with van der Waals surface area (Å²) in [5.74, 6) is 6.93. The molecule has 1 heterocycles. The lowest BCUT2D eigenvalue weighted by Crippen LogP contribution is -2.55. The highest BCUT2D eigenvalue weighted by Gasteiger charge is 2.29. The van der Waals surface area contributed by atoms with Crippen molar-refractivity contribution in [2.45, 2.75) is 44.6 Å². The number of nitrogens with one attached hydrogen (secondary N) is 4. The van der Waals surface area contributed by atoms with Crippen LogP contribution in [0.1, 0.15) is 54.9 Å². The van der Waals surface area contributed by atoms with E-state index in [1.54, 1.807) is 50.8 Å².